The normalized spacial score (nSPS) is 16.8. The van der Waals surface area contributed by atoms with Crippen molar-refractivity contribution in [3.05, 3.63) is 78.4 Å². The van der Waals surface area contributed by atoms with Crippen molar-refractivity contribution in [2.45, 2.75) is 25.2 Å². The van der Waals surface area contributed by atoms with E-state index in [2.05, 4.69) is 22.7 Å². The monoisotopic (exact) mass is 410 g/mol. The summed E-state index contributed by atoms with van der Waals surface area (Å²) in [7, 11) is 1.66. The van der Waals surface area contributed by atoms with E-state index in [-0.39, 0.29) is 12.7 Å². The molecule has 2 atom stereocenters. The minimum atomic E-state index is -0.605. The van der Waals surface area contributed by atoms with Crippen molar-refractivity contribution in [3.8, 4) is 5.75 Å². The van der Waals surface area contributed by atoms with Crippen LogP contribution in [-0.4, -0.2) is 61.3 Å². The molecule has 1 aliphatic rings. The summed E-state index contributed by atoms with van der Waals surface area (Å²) < 4.78 is 10.7. The molecule has 6 nitrogen and oxygen atoms in total. The van der Waals surface area contributed by atoms with Crippen LogP contribution >= 0.6 is 0 Å². The number of benzene rings is 2. The van der Waals surface area contributed by atoms with Gasteiger partial charge in [0.2, 0.25) is 0 Å². The second kappa shape index (κ2) is 11.5. The standard InChI is InChI=1S/C24H30N2O4/c1-3-12-29-18-21(27)16-26(15-19-8-7-11-22(13-19)28-2)17-23-14-24(25-30-23)20-9-5-4-6-10-20/h3-11,13,21,23,27H,1,12,14-18H2,2H3/t21-,23+/m0/s1. The Bertz CT molecular complexity index is 825. The summed E-state index contributed by atoms with van der Waals surface area (Å²) in [6.07, 6.45) is 1.75. The number of aliphatic hydroxyl groups is 1. The van der Waals surface area contributed by atoms with Crippen LogP contribution in [0.25, 0.3) is 0 Å². The highest BCUT2D eigenvalue weighted by molar-refractivity contribution is 6.01. The molecule has 0 amide bonds. The summed E-state index contributed by atoms with van der Waals surface area (Å²) in [6.45, 7) is 6.10. The van der Waals surface area contributed by atoms with Gasteiger partial charge in [-0.1, -0.05) is 53.7 Å². The maximum atomic E-state index is 10.4. The summed E-state index contributed by atoms with van der Waals surface area (Å²) in [5.41, 5.74) is 3.14. The van der Waals surface area contributed by atoms with Crippen LogP contribution in [0.1, 0.15) is 17.5 Å². The van der Waals surface area contributed by atoms with Crippen LogP contribution in [0, 0.1) is 0 Å². The zero-order valence-corrected chi connectivity index (χ0v) is 17.4. The highest BCUT2D eigenvalue weighted by Crippen LogP contribution is 2.20. The van der Waals surface area contributed by atoms with Gasteiger partial charge in [-0.2, -0.15) is 0 Å². The van der Waals surface area contributed by atoms with E-state index in [1.165, 1.54) is 0 Å². The fourth-order valence-corrected chi connectivity index (χ4v) is 3.49. The third-order valence-corrected chi connectivity index (χ3v) is 4.86. The predicted molar refractivity (Wildman–Crippen MR) is 118 cm³/mol. The average Bonchev–Trinajstić information content (AvgIpc) is 3.23. The molecule has 0 saturated heterocycles. The lowest BCUT2D eigenvalue weighted by atomic mass is 10.0. The van der Waals surface area contributed by atoms with Crippen LogP contribution in [0.15, 0.2) is 72.4 Å². The Morgan fingerprint density at radius 1 is 1.27 bits per heavy atom. The molecule has 1 heterocycles. The number of oxime groups is 1. The van der Waals surface area contributed by atoms with Gasteiger partial charge in [-0.15, -0.1) is 6.58 Å². The topological polar surface area (TPSA) is 63.5 Å². The van der Waals surface area contributed by atoms with Crippen LogP contribution in [0.5, 0.6) is 5.75 Å². The van der Waals surface area contributed by atoms with Gasteiger partial charge in [0.25, 0.3) is 0 Å². The maximum Gasteiger partial charge on any atom is 0.145 e. The second-order valence-corrected chi connectivity index (χ2v) is 7.36. The molecule has 0 radical (unpaired) electrons. The fourth-order valence-electron chi connectivity index (χ4n) is 3.49. The fraction of sp³-hybridized carbons (Fsp3) is 0.375. The third kappa shape index (κ3) is 6.69. The first-order valence-corrected chi connectivity index (χ1v) is 10.2. The minimum absolute atomic E-state index is 0.0629. The van der Waals surface area contributed by atoms with Crippen molar-refractivity contribution < 1.29 is 19.4 Å². The molecule has 0 aromatic heterocycles. The van der Waals surface area contributed by atoms with Gasteiger partial charge >= 0.3 is 0 Å². The molecule has 3 rings (SSSR count). The summed E-state index contributed by atoms with van der Waals surface area (Å²) >= 11 is 0. The van der Waals surface area contributed by atoms with Gasteiger partial charge in [-0.05, 0) is 23.3 Å². The molecule has 1 aliphatic heterocycles. The molecule has 0 spiro atoms. The van der Waals surface area contributed by atoms with Gasteiger partial charge in [0, 0.05) is 26.1 Å². The maximum absolute atomic E-state index is 10.4. The highest BCUT2D eigenvalue weighted by Gasteiger charge is 2.25. The molecule has 6 heteroatoms. The first kappa shape index (κ1) is 22.0. The minimum Gasteiger partial charge on any atom is -0.497 e. The molecule has 0 unspecified atom stereocenters. The Kier molecular flexibility index (Phi) is 8.44. The van der Waals surface area contributed by atoms with E-state index in [1.54, 1.807) is 13.2 Å². The molecule has 30 heavy (non-hydrogen) atoms. The molecular weight excluding hydrogens is 380 g/mol. The molecule has 2 aromatic rings. The van der Waals surface area contributed by atoms with Crippen molar-refractivity contribution in [2.24, 2.45) is 5.16 Å². The molecule has 2 aromatic carbocycles. The summed E-state index contributed by atoms with van der Waals surface area (Å²) in [6, 6.07) is 18.0. The van der Waals surface area contributed by atoms with E-state index in [1.807, 2.05) is 48.5 Å². The van der Waals surface area contributed by atoms with Gasteiger partial charge in [-0.25, -0.2) is 0 Å². The van der Waals surface area contributed by atoms with Crippen LogP contribution in [0.4, 0.5) is 0 Å². The molecule has 160 valence electrons. The van der Waals surface area contributed by atoms with Gasteiger partial charge < -0.3 is 19.4 Å². The Morgan fingerprint density at radius 3 is 2.87 bits per heavy atom. The summed E-state index contributed by atoms with van der Waals surface area (Å²) in [5, 5.41) is 14.7. The molecule has 0 aliphatic carbocycles. The number of methoxy groups -OCH3 is 1. The zero-order valence-electron chi connectivity index (χ0n) is 17.4. The second-order valence-electron chi connectivity index (χ2n) is 7.36. The van der Waals surface area contributed by atoms with Crippen LogP contribution < -0.4 is 4.74 Å². The van der Waals surface area contributed by atoms with Gasteiger partial charge in [0.05, 0.1) is 32.1 Å². The van der Waals surface area contributed by atoms with Gasteiger partial charge in [0.1, 0.15) is 11.9 Å². The number of hydrogen-bond donors (Lipinski definition) is 1. The number of ether oxygens (including phenoxy) is 2. The quantitative estimate of drug-likeness (QED) is 0.430. The van der Waals surface area contributed by atoms with E-state index < -0.39 is 6.10 Å². The van der Waals surface area contributed by atoms with E-state index in [0.29, 0.717) is 26.2 Å². The SMILES string of the molecule is C=CCOC[C@@H](O)CN(Cc1cccc(OC)c1)C[C@H]1CC(c2ccccc2)=NO1. The number of rotatable bonds is 12. The Labute approximate surface area is 178 Å². The van der Waals surface area contributed by atoms with E-state index in [9.17, 15) is 5.11 Å². The zero-order chi connectivity index (χ0) is 21.2. The Morgan fingerprint density at radius 2 is 2.10 bits per heavy atom. The molecule has 1 N–H and O–H groups in total. The molecule has 0 fully saturated rings. The van der Waals surface area contributed by atoms with E-state index >= 15 is 0 Å². The van der Waals surface area contributed by atoms with Crippen LogP contribution in [-0.2, 0) is 16.1 Å². The molecule has 0 saturated carbocycles. The van der Waals surface area contributed by atoms with Crippen molar-refractivity contribution in [3.63, 3.8) is 0 Å². The molecular formula is C24H30N2O4. The summed E-state index contributed by atoms with van der Waals surface area (Å²) in [4.78, 5) is 7.88. The van der Waals surface area contributed by atoms with E-state index in [4.69, 9.17) is 14.3 Å². The summed E-state index contributed by atoms with van der Waals surface area (Å²) in [5.74, 6) is 0.814. The lowest BCUT2D eigenvalue weighted by Crippen LogP contribution is -2.39. The smallest absolute Gasteiger partial charge is 0.145 e. The largest absolute Gasteiger partial charge is 0.497 e. The van der Waals surface area contributed by atoms with Crippen molar-refractivity contribution >= 4 is 5.71 Å². The van der Waals surface area contributed by atoms with E-state index in [0.717, 1.165) is 29.0 Å². The first-order chi connectivity index (χ1) is 14.7. The Hall–Kier alpha value is -2.67. The van der Waals surface area contributed by atoms with Gasteiger partial charge in [-0.3, -0.25) is 4.90 Å². The number of hydrogen-bond acceptors (Lipinski definition) is 6. The van der Waals surface area contributed by atoms with Gasteiger partial charge in [0.15, 0.2) is 0 Å². The van der Waals surface area contributed by atoms with Crippen molar-refractivity contribution in [1.82, 2.24) is 4.90 Å². The van der Waals surface area contributed by atoms with Crippen LogP contribution in [0.2, 0.25) is 0 Å². The Balaban J connectivity index is 1.62. The lowest BCUT2D eigenvalue weighted by Gasteiger charge is -2.27. The number of aliphatic hydroxyl groups excluding tert-OH is 1. The highest BCUT2D eigenvalue weighted by atomic mass is 16.6. The predicted octanol–water partition coefficient (Wildman–Crippen LogP) is 3.25. The molecule has 0 bridgehead atoms. The first-order valence-electron chi connectivity index (χ1n) is 10.2. The number of nitrogens with zero attached hydrogens (tertiary/aromatic N) is 2. The van der Waals surface area contributed by atoms with Crippen molar-refractivity contribution in [1.29, 1.82) is 0 Å². The average molecular weight is 411 g/mol. The third-order valence-electron chi connectivity index (χ3n) is 4.86. The van der Waals surface area contributed by atoms with Crippen molar-refractivity contribution in [2.75, 3.05) is 33.4 Å². The lowest BCUT2D eigenvalue weighted by molar-refractivity contribution is 0.00335. The van der Waals surface area contributed by atoms with Crippen LogP contribution in [0.3, 0.4) is 0 Å².